The number of aryl methyl sites for hydroxylation is 1. The summed E-state index contributed by atoms with van der Waals surface area (Å²) in [7, 11) is 0. The van der Waals surface area contributed by atoms with Crippen molar-refractivity contribution in [1.29, 1.82) is 0 Å². The quantitative estimate of drug-likeness (QED) is 0.815. The summed E-state index contributed by atoms with van der Waals surface area (Å²) in [6, 6.07) is 7.61. The number of carbonyl (C=O) groups is 1. The Bertz CT molecular complexity index is 729. The smallest absolute Gasteiger partial charge is 0.244 e. The molecule has 0 fully saturated rings. The maximum Gasteiger partial charge on any atom is 0.244 e. The van der Waals surface area contributed by atoms with Crippen LogP contribution in [0.3, 0.4) is 0 Å². The van der Waals surface area contributed by atoms with Gasteiger partial charge in [-0.2, -0.15) is 0 Å². The van der Waals surface area contributed by atoms with Gasteiger partial charge < -0.3 is 10.4 Å². The summed E-state index contributed by atoms with van der Waals surface area (Å²) < 4.78 is 0. The number of hydrogen-bond donors (Lipinski definition) is 2. The predicted molar refractivity (Wildman–Crippen MR) is 99.0 cm³/mol. The normalized spacial score (nSPS) is 13.2. The van der Waals surface area contributed by atoms with E-state index in [4.69, 9.17) is 0 Å². The Kier molecular flexibility index (Phi) is 5.91. The van der Waals surface area contributed by atoms with Gasteiger partial charge in [-0.05, 0) is 24.1 Å². The average Bonchev–Trinajstić information content (AvgIpc) is 3.00. The predicted octanol–water partition coefficient (Wildman–Crippen LogP) is 3.61. The molecule has 1 atom stereocenters. The molecule has 1 aromatic heterocycles. The lowest BCUT2D eigenvalue weighted by atomic mass is 9.98. The SMILES string of the molecule is Cc1ccccc1C(O)CNC(=O)/C=C/c1cnc(C(C)(C)C)s1. The molecular weight excluding hydrogens is 320 g/mol. The van der Waals surface area contributed by atoms with Gasteiger partial charge in [0, 0.05) is 29.1 Å². The van der Waals surface area contributed by atoms with E-state index in [0.29, 0.717) is 0 Å². The minimum atomic E-state index is -0.709. The zero-order valence-electron chi connectivity index (χ0n) is 14.5. The molecule has 0 aliphatic heterocycles. The highest BCUT2D eigenvalue weighted by Gasteiger charge is 2.17. The molecule has 0 aliphatic carbocycles. The number of aliphatic hydroxyl groups is 1. The third kappa shape index (κ3) is 5.01. The van der Waals surface area contributed by atoms with Crippen LogP contribution >= 0.6 is 11.3 Å². The van der Waals surface area contributed by atoms with Gasteiger partial charge in [0.25, 0.3) is 0 Å². The number of aliphatic hydroxyl groups excluding tert-OH is 1. The molecule has 1 aromatic carbocycles. The second-order valence-corrected chi connectivity index (χ2v) is 7.83. The number of amides is 1. The topological polar surface area (TPSA) is 62.2 Å². The molecule has 24 heavy (non-hydrogen) atoms. The average molecular weight is 344 g/mol. The van der Waals surface area contributed by atoms with Gasteiger partial charge >= 0.3 is 0 Å². The highest BCUT2D eigenvalue weighted by Crippen LogP contribution is 2.27. The second kappa shape index (κ2) is 7.73. The second-order valence-electron chi connectivity index (χ2n) is 6.77. The lowest BCUT2D eigenvalue weighted by Crippen LogP contribution is -2.26. The lowest BCUT2D eigenvalue weighted by Gasteiger charge is -2.13. The minimum absolute atomic E-state index is 0.0106. The Hall–Kier alpha value is -1.98. The number of carbonyl (C=O) groups excluding carboxylic acids is 1. The number of thiazole rings is 1. The summed E-state index contributed by atoms with van der Waals surface area (Å²) >= 11 is 1.58. The van der Waals surface area contributed by atoms with E-state index >= 15 is 0 Å². The number of benzene rings is 1. The molecule has 0 spiro atoms. The van der Waals surface area contributed by atoms with Gasteiger partial charge in [-0.3, -0.25) is 4.79 Å². The molecule has 128 valence electrons. The molecule has 4 nitrogen and oxygen atoms in total. The lowest BCUT2D eigenvalue weighted by molar-refractivity contribution is -0.116. The maximum atomic E-state index is 11.9. The monoisotopic (exact) mass is 344 g/mol. The van der Waals surface area contributed by atoms with Gasteiger partial charge in [-0.1, -0.05) is 45.0 Å². The molecule has 2 rings (SSSR count). The van der Waals surface area contributed by atoms with Gasteiger partial charge in [0.05, 0.1) is 11.1 Å². The molecule has 1 amide bonds. The first-order valence-electron chi connectivity index (χ1n) is 7.93. The van der Waals surface area contributed by atoms with Crippen LogP contribution in [0.4, 0.5) is 0 Å². The fourth-order valence-corrected chi connectivity index (χ4v) is 3.07. The van der Waals surface area contributed by atoms with Crippen molar-refractivity contribution in [2.75, 3.05) is 6.54 Å². The van der Waals surface area contributed by atoms with Crippen molar-refractivity contribution in [3.8, 4) is 0 Å². The first-order valence-corrected chi connectivity index (χ1v) is 8.75. The van der Waals surface area contributed by atoms with Gasteiger partial charge in [-0.25, -0.2) is 4.98 Å². The zero-order valence-corrected chi connectivity index (χ0v) is 15.4. The molecule has 2 N–H and O–H groups in total. The number of nitrogens with one attached hydrogen (secondary N) is 1. The van der Waals surface area contributed by atoms with Crippen LogP contribution in [0.15, 0.2) is 36.5 Å². The van der Waals surface area contributed by atoms with Crippen molar-refractivity contribution < 1.29 is 9.90 Å². The van der Waals surface area contributed by atoms with E-state index < -0.39 is 6.10 Å². The summed E-state index contributed by atoms with van der Waals surface area (Å²) in [6.45, 7) is 8.46. The first-order chi connectivity index (χ1) is 11.3. The van der Waals surface area contributed by atoms with Crippen LogP contribution in [0.5, 0.6) is 0 Å². The number of nitrogens with zero attached hydrogens (tertiary/aromatic N) is 1. The summed E-state index contributed by atoms with van der Waals surface area (Å²) in [5.74, 6) is -0.228. The van der Waals surface area contributed by atoms with E-state index in [1.165, 1.54) is 6.08 Å². The third-order valence-electron chi connectivity index (χ3n) is 3.58. The Labute approximate surface area is 147 Å². The molecule has 1 heterocycles. The minimum Gasteiger partial charge on any atom is -0.387 e. The molecule has 1 unspecified atom stereocenters. The summed E-state index contributed by atoms with van der Waals surface area (Å²) in [5, 5.41) is 13.9. The number of aromatic nitrogens is 1. The molecule has 5 heteroatoms. The first kappa shape index (κ1) is 18.4. The zero-order chi connectivity index (χ0) is 17.7. The van der Waals surface area contributed by atoms with E-state index in [0.717, 1.165) is 21.0 Å². The Morgan fingerprint density at radius 3 is 2.71 bits per heavy atom. The molecule has 0 bridgehead atoms. The Morgan fingerprint density at radius 2 is 2.08 bits per heavy atom. The molecule has 0 saturated carbocycles. The van der Waals surface area contributed by atoms with Crippen molar-refractivity contribution in [3.05, 3.63) is 57.6 Å². The molecule has 0 aliphatic rings. The van der Waals surface area contributed by atoms with Crippen LogP contribution in [-0.2, 0) is 10.2 Å². The summed E-state index contributed by atoms with van der Waals surface area (Å²) in [4.78, 5) is 17.2. The molecule has 2 aromatic rings. The van der Waals surface area contributed by atoms with E-state index in [1.807, 2.05) is 31.2 Å². The fraction of sp³-hybridized carbons (Fsp3) is 0.368. The maximum absolute atomic E-state index is 11.9. The highest BCUT2D eigenvalue weighted by molar-refractivity contribution is 7.12. The molecular formula is C19H24N2O2S. The summed E-state index contributed by atoms with van der Waals surface area (Å²) in [6.07, 6.45) is 4.30. The number of rotatable bonds is 5. The van der Waals surface area contributed by atoms with Crippen molar-refractivity contribution in [2.24, 2.45) is 0 Å². The Balaban J connectivity index is 1.89. The van der Waals surface area contributed by atoms with Gasteiger partial charge in [0.2, 0.25) is 5.91 Å². The van der Waals surface area contributed by atoms with E-state index in [1.54, 1.807) is 23.6 Å². The van der Waals surface area contributed by atoms with Crippen LogP contribution in [0.1, 0.15) is 47.9 Å². The Morgan fingerprint density at radius 1 is 1.38 bits per heavy atom. The summed E-state index contributed by atoms with van der Waals surface area (Å²) in [5.41, 5.74) is 1.85. The fourth-order valence-electron chi connectivity index (χ4n) is 2.20. The van der Waals surface area contributed by atoms with Crippen LogP contribution in [0.2, 0.25) is 0 Å². The molecule has 0 radical (unpaired) electrons. The molecule has 0 saturated heterocycles. The van der Waals surface area contributed by atoms with Gasteiger partial charge in [0.1, 0.15) is 0 Å². The van der Waals surface area contributed by atoms with Gasteiger partial charge in [0.15, 0.2) is 0 Å². The van der Waals surface area contributed by atoms with Crippen LogP contribution in [-0.4, -0.2) is 22.5 Å². The van der Waals surface area contributed by atoms with Crippen molar-refractivity contribution in [1.82, 2.24) is 10.3 Å². The van der Waals surface area contributed by atoms with Gasteiger partial charge in [-0.15, -0.1) is 11.3 Å². The highest BCUT2D eigenvalue weighted by atomic mass is 32.1. The van der Waals surface area contributed by atoms with Crippen molar-refractivity contribution in [3.63, 3.8) is 0 Å². The van der Waals surface area contributed by atoms with Crippen LogP contribution in [0, 0.1) is 6.92 Å². The largest absolute Gasteiger partial charge is 0.387 e. The standard InChI is InChI=1S/C19H24N2O2S/c1-13-7-5-6-8-15(13)16(22)12-20-17(23)10-9-14-11-21-18(24-14)19(2,3)4/h5-11,16,22H,12H2,1-4H3,(H,20,23)/b10-9+. The van der Waals surface area contributed by atoms with E-state index in [2.05, 4.69) is 31.1 Å². The van der Waals surface area contributed by atoms with E-state index in [9.17, 15) is 9.90 Å². The van der Waals surface area contributed by atoms with Crippen molar-refractivity contribution in [2.45, 2.75) is 39.2 Å². The van der Waals surface area contributed by atoms with Crippen molar-refractivity contribution >= 4 is 23.3 Å². The van der Waals surface area contributed by atoms with Crippen LogP contribution < -0.4 is 5.32 Å². The number of hydrogen-bond acceptors (Lipinski definition) is 4. The van der Waals surface area contributed by atoms with Crippen LogP contribution in [0.25, 0.3) is 6.08 Å². The van der Waals surface area contributed by atoms with E-state index in [-0.39, 0.29) is 17.9 Å². The third-order valence-corrected chi connectivity index (χ3v) is 4.97.